The lowest BCUT2D eigenvalue weighted by Crippen LogP contribution is -2.57. The second kappa shape index (κ2) is 15.9. The maximum absolute atomic E-state index is 6.27. The summed E-state index contributed by atoms with van der Waals surface area (Å²) in [6.45, 7) is 15.1. The molecule has 0 heterocycles. The van der Waals surface area contributed by atoms with Gasteiger partial charge in [-0.1, -0.05) is 38.1 Å². The molecule has 0 unspecified atom stereocenters. The molecule has 9 heteroatoms. The average molecular weight is 500 g/mol. The van der Waals surface area contributed by atoms with Crippen LogP contribution in [0.3, 0.4) is 0 Å². The Balaban J connectivity index is 2.88. The van der Waals surface area contributed by atoms with Gasteiger partial charge in [-0.3, -0.25) is 4.99 Å². The van der Waals surface area contributed by atoms with Gasteiger partial charge in [0.15, 0.2) is 0 Å². The first-order valence-corrected chi connectivity index (χ1v) is 15.7. The van der Waals surface area contributed by atoms with Crippen LogP contribution < -0.4 is 5.19 Å². The van der Waals surface area contributed by atoms with Crippen molar-refractivity contribution in [3.8, 4) is 0 Å². The van der Waals surface area contributed by atoms with E-state index in [4.69, 9.17) is 26.6 Å². The summed E-state index contributed by atoms with van der Waals surface area (Å²) in [6, 6.07) is 8.79. The van der Waals surface area contributed by atoms with Crippen molar-refractivity contribution in [1.29, 1.82) is 0 Å². The van der Waals surface area contributed by atoms with Crippen molar-refractivity contribution in [2.75, 3.05) is 40.6 Å². The third-order valence-corrected chi connectivity index (χ3v) is 10.9. The maximum Gasteiger partial charge on any atom is 0.537 e. The van der Waals surface area contributed by atoms with E-state index in [0.29, 0.717) is 38.4 Å². The van der Waals surface area contributed by atoms with Crippen LogP contribution in [0.25, 0.3) is 0 Å². The molecule has 0 atom stereocenters. The summed E-state index contributed by atoms with van der Waals surface area (Å²) in [5, 5.41) is 0.936. The minimum absolute atomic E-state index is 0.381. The van der Waals surface area contributed by atoms with Crippen LogP contribution in [0.4, 0.5) is 0 Å². The highest BCUT2D eigenvalue weighted by molar-refractivity contribution is 6.75. The summed E-state index contributed by atoms with van der Waals surface area (Å²) in [4.78, 5) is 4.68. The lowest BCUT2D eigenvalue weighted by Gasteiger charge is -2.29. The van der Waals surface area contributed by atoms with Crippen molar-refractivity contribution in [3.05, 3.63) is 29.8 Å². The molecule has 1 aromatic carbocycles. The molecule has 0 bridgehead atoms. The fourth-order valence-electron chi connectivity index (χ4n) is 3.69. The molecular formula is C24H45NO6Si2. The standard InChI is InChI=1S/C24H45NO6Si2/c1-9-28-33(29-10-2,30-11-3)24-15-12-14-23(19-24)20-31-32(26-7,27-8)17-13-16-25-22(6)18-21(4)5/h12,14-15,19,21H,9-11,13,16-18,20H2,1-8H3. The molecule has 0 aliphatic heterocycles. The van der Waals surface area contributed by atoms with E-state index >= 15 is 0 Å². The lowest BCUT2D eigenvalue weighted by molar-refractivity contribution is 0.0857. The molecule has 0 spiro atoms. The number of rotatable bonds is 18. The Morgan fingerprint density at radius 3 is 2.06 bits per heavy atom. The topological polar surface area (TPSA) is 67.7 Å². The molecule has 190 valence electrons. The van der Waals surface area contributed by atoms with Crippen molar-refractivity contribution in [2.24, 2.45) is 10.9 Å². The molecule has 0 saturated carbocycles. The molecular weight excluding hydrogens is 454 g/mol. The SMILES string of the molecule is CCO[Si](OCC)(OCC)c1cccc(CO[Si](CCCN=C(C)CC(C)C)(OC)OC)c1. The zero-order chi connectivity index (χ0) is 24.7. The van der Waals surface area contributed by atoms with Gasteiger partial charge in [-0.2, -0.15) is 0 Å². The second-order valence-corrected chi connectivity index (χ2v) is 13.8. The monoisotopic (exact) mass is 499 g/mol. The van der Waals surface area contributed by atoms with Crippen LogP contribution in [0.15, 0.2) is 29.3 Å². The smallest absolute Gasteiger partial charge is 0.377 e. The zero-order valence-corrected chi connectivity index (χ0v) is 23.9. The molecule has 0 aromatic heterocycles. The van der Waals surface area contributed by atoms with E-state index in [9.17, 15) is 0 Å². The Hall–Kier alpha value is -0.916. The third kappa shape index (κ3) is 10.1. The van der Waals surface area contributed by atoms with Gasteiger partial charge >= 0.3 is 17.6 Å². The van der Waals surface area contributed by atoms with Crippen LogP contribution in [0.1, 0.15) is 59.9 Å². The highest BCUT2D eigenvalue weighted by Crippen LogP contribution is 2.19. The van der Waals surface area contributed by atoms with Crippen molar-refractivity contribution in [3.63, 3.8) is 0 Å². The normalized spacial score (nSPS) is 13.2. The molecule has 0 fully saturated rings. The van der Waals surface area contributed by atoms with E-state index in [1.54, 1.807) is 14.2 Å². The molecule has 0 N–H and O–H groups in total. The van der Waals surface area contributed by atoms with Gasteiger partial charge in [0, 0.05) is 57.5 Å². The highest BCUT2D eigenvalue weighted by Gasteiger charge is 2.43. The quantitative estimate of drug-likeness (QED) is 0.167. The fourth-order valence-corrected chi connectivity index (χ4v) is 8.17. The Labute approximate surface area is 203 Å². The molecule has 1 rings (SSSR count). The van der Waals surface area contributed by atoms with E-state index in [0.717, 1.165) is 30.1 Å². The van der Waals surface area contributed by atoms with Crippen LogP contribution in [0, 0.1) is 5.92 Å². The first-order chi connectivity index (χ1) is 15.8. The average Bonchev–Trinajstić information content (AvgIpc) is 2.79. The molecule has 0 amide bonds. The van der Waals surface area contributed by atoms with E-state index < -0.39 is 17.6 Å². The Kier molecular flexibility index (Phi) is 14.5. The van der Waals surface area contributed by atoms with E-state index in [-0.39, 0.29) is 0 Å². The Bertz CT molecular complexity index is 680. The summed E-state index contributed by atoms with van der Waals surface area (Å²) in [6.07, 6.45) is 1.89. The largest absolute Gasteiger partial charge is 0.537 e. The van der Waals surface area contributed by atoms with Crippen LogP contribution in [0.2, 0.25) is 6.04 Å². The van der Waals surface area contributed by atoms with Gasteiger partial charge in [0.1, 0.15) is 0 Å². The van der Waals surface area contributed by atoms with E-state index in [2.05, 4.69) is 31.8 Å². The van der Waals surface area contributed by atoms with Crippen molar-refractivity contribution >= 4 is 28.5 Å². The molecule has 0 saturated heterocycles. The third-order valence-electron chi connectivity index (χ3n) is 5.09. The summed E-state index contributed by atoms with van der Waals surface area (Å²) in [5.41, 5.74) is 2.19. The van der Waals surface area contributed by atoms with Gasteiger partial charge in [0.25, 0.3) is 0 Å². The molecule has 0 aliphatic carbocycles. The minimum atomic E-state index is -2.96. The number of benzene rings is 1. The van der Waals surface area contributed by atoms with Gasteiger partial charge in [-0.25, -0.2) is 0 Å². The predicted molar refractivity (Wildman–Crippen MR) is 138 cm³/mol. The van der Waals surface area contributed by atoms with Crippen molar-refractivity contribution < 1.29 is 26.6 Å². The highest BCUT2D eigenvalue weighted by atomic mass is 28.4. The molecule has 33 heavy (non-hydrogen) atoms. The van der Waals surface area contributed by atoms with Crippen LogP contribution in [-0.4, -0.2) is 63.9 Å². The van der Waals surface area contributed by atoms with Gasteiger partial charge in [0.2, 0.25) is 0 Å². The summed E-state index contributed by atoms with van der Waals surface area (Å²) in [7, 11) is -2.43. The Morgan fingerprint density at radius 1 is 0.939 bits per heavy atom. The van der Waals surface area contributed by atoms with Gasteiger partial charge in [-0.15, -0.1) is 0 Å². The van der Waals surface area contributed by atoms with Crippen LogP contribution in [-0.2, 0) is 33.2 Å². The molecule has 0 radical (unpaired) electrons. The zero-order valence-electron chi connectivity index (χ0n) is 21.9. The number of hydrogen-bond donors (Lipinski definition) is 0. The van der Waals surface area contributed by atoms with Crippen LogP contribution in [0.5, 0.6) is 0 Å². The molecule has 7 nitrogen and oxygen atoms in total. The van der Waals surface area contributed by atoms with Gasteiger partial charge < -0.3 is 26.6 Å². The lowest BCUT2D eigenvalue weighted by atomic mass is 10.1. The second-order valence-electron chi connectivity index (χ2n) is 8.25. The van der Waals surface area contributed by atoms with Crippen LogP contribution >= 0.6 is 0 Å². The summed E-state index contributed by atoms with van der Waals surface area (Å²) < 4.78 is 36.0. The Morgan fingerprint density at radius 2 is 1.55 bits per heavy atom. The first-order valence-electron chi connectivity index (χ1n) is 12.1. The number of aliphatic imine (C=N–C) groups is 1. The van der Waals surface area contributed by atoms with E-state index in [1.165, 1.54) is 5.71 Å². The predicted octanol–water partition coefficient (Wildman–Crippen LogP) is 4.59. The minimum Gasteiger partial charge on any atom is -0.377 e. The maximum atomic E-state index is 6.27. The summed E-state index contributed by atoms with van der Waals surface area (Å²) >= 11 is 0. The first kappa shape index (κ1) is 30.1. The fraction of sp³-hybridized carbons (Fsp3) is 0.708. The number of hydrogen-bond acceptors (Lipinski definition) is 7. The van der Waals surface area contributed by atoms with Gasteiger partial charge in [-0.05, 0) is 52.0 Å². The number of nitrogens with zero attached hydrogens (tertiary/aromatic N) is 1. The van der Waals surface area contributed by atoms with Gasteiger partial charge in [0.05, 0.1) is 6.61 Å². The summed E-state index contributed by atoms with van der Waals surface area (Å²) in [5.74, 6) is 0.620. The molecule has 0 aliphatic rings. The molecule has 1 aromatic rings. The van der Waals surface area contributed by atoms with E-state index in [1.807, 2.05) is 39.0 Å². The van der Waals surface area contributed by atoms with Crippen molar-refractivity contribution in [1.82, 2.24) is 0 Å². The van der Waals surface area contributed by atoms with Crippen molar-refractivity contribution in [2.45, 2.75) is 67.0 Å².